The van der Waals surface area contributed by atoms with Gasteiger partial charge in [-0.15, -0.1) is 0 Å². The monoisotopic (exact) mass is 289 g/mol. The van der Waals surface area contributed by atoms with Gasteiger partial charge in [0.2, 0.25) is 5.91 Å². The van der Waals surface area contributed by atoms with Gasteiger partial charge in [0.1, 0.15) is 0 Å². The van der Waals surface area contributed by atoms with E-state index in [2.05, 4.69) is 29.9 Å². The summed E-state index contributed by atoms with van der Waals surface area (Å²) in [5.74, 6) is -0.112. The third kappa shape index (κ3) is 3.63. The number of hydrogen-bond acceptors (Lipinski definition) is 3. The van der Waals surface area contributed by atoms with Crippen molar-refractivity contribution in [1.82, 2.24) is 4.90 Å². The summed E-state index contributed by atoms with van der Waals surface area (Å²) in [4.78, 5) is 25.5. The Morgan fingerprint density at radius 3 is 2.76 bits per heavy atom. The highest BCUT2D eigenvalue weighted by molar-refractivity contribution is 5.78. The molecule has 4 heteroatoms. The largest absolute Gasteiger partial charge is 0.469 e. The molecule has 0 bridgehead atoms. The molecule has 0 spiro atoms. The van der Waals surface area contributed by atoms with Gasteiger partial charge in [0.05, 0.1) is 13.2 Å². The Morgan fingerprint density at radius 1 is 1.29 bits per heavy atom. The van der Waals surface area contributed by atoms with E-state index < -0.39 is 0 Å². The summed E-state index contributed by atoms with van der Waals surface area (Å²) in [6.07, 6.45) is 3.10. The van der Waals surface area contributed by atoms with Crippen LogP contribution >= 0.6 is 0 Å². The van der Waals surface area contributed by atoms with Crippen LogP contribution in [0.15, 0.2) is 24.3 Å². The second-order valence-electron chi connectivity index (χ2n) is 5.39. The first-order chi connectivity index (χ1) is 10.2. The fraction of sp³-hybridized carbons (Fsp3) is 0.529. The minimum atomic E-state index is -0.251. The van der Waals surface area contributed by atoms with E-state index in [1.807, 2.05) is 11.0 Å². The fourth-order valence-corrected chi connectivity index (χ4v) is 3.02. The summed E-state index contributed by atoms with van der Waals surface area (Å²) in [5.41, 5.74) is 2.62. The maximum Gasteiger partial charge on any atom is 0.305 e. The summed E-state index contributed by atoms with van der Waals surface area (Å²) in [6.45, 7) is 2.88. The summed E-state index contributed by atoms with van der Waals surface area (Å²) < 4.78 is 4.60. The molecule has 0 aliphatic carbocycles. The third-order valence-corrected chi connectivity index (χ3v) is 4.12. The molecular weight excluding hydrogens is 266 g/mol. The van der Waals surface area contributed by atoms with Gasteiger partial charge in [-0.2, -0.15) is 0 Å². The highest BCUT2D eigenvalue weighted by Gasteiger charge is 2.28. The van der Waals surface area contributed by atoms with E-state index in [1.54, 1.807) is 0 Å². The molecule has 0 N–H and O–H groups in total. The van der Waals surface area contributed by atoms with E-state index in [0.717, 1.165) is 19.4 Å². The molecule has 1 aromatic rings. The molecule has 0 saturated carbocycles. The maximum atomic E-state index is 12.4. The van der Waals surface area contributed by atoms with Crippen molar-refractivity contribution in [2.45, 2.75) is 45.1 Å². The van der Waals surface area contributed by atoms with Crippen molar-refractivity contribution in [3.05, 3.63) is 35.4 Å². The number of hydrogen-bond donors (Lipinski definition) is 0. The van der Waals surface area contributed by atoms with E-state index in [9.17, 15) is 9.59 Å². The van der Waals surface area contributed by atoms with Gasteiger partial charge in [-0.3, -0.25) is 9.59 Å². The van der Waals surface area contributed by atoms with Crippen LogP contribution in [0.2, 0.25) is 0 Å². The number of ether oxygens (including phenoxy) is 1. The molecule has 1 aromatic carbocycles. The average molecular weight is 289 g/mol. The highest BCUT2D eigenvalue weighted by atomic mass is 16.5. The lowest BCUT2D eigenvalue weighted by molar-refractivity contribution is -0.141. The number of nitrogens with zero attached hydrogens (tertiary/aromatic N) is 1. The lowest BCUT2D eigenvalue weighted by Crippen LogP contribution is -2.39. The molecule has 1 unspecified atom stereocenters. The first kappa shape index (κ1) is 15.5. The number of esters is 1. The van der Waals surface area contributed by atoms with E-state index in [-0.39, 0.29) is 17.9 Å². The number of carbonyl (C=O) groups excluding carboxylic acids is 2. The van der Waals surface area contributed by atoms with E-state index in [0.29, 0.717) is 19.3 Å². The predicted octanol–water partition coefficient (Wildman–Crippen LogP) is 2.87. The van der Waals surface area contributed by atoms with Gasteiger partial charge in [-0.1, -0.05) is 31.2 Å². The van der Waals surface area contributed by atoms with E-state index >= 15 is 0 Å². The van der Waals surface area contributed by atoms with Crippen LogP contribution in [0.5, 0.6) is 0 Å². The molecule has 1 aliphatic heterocycles. The van der Waals surface area contributed by atoms with Crippen molar-refractivity contribution in [1.29, 1.82) is 0 Å². The summed E-state index contributed by atoms with van der Waals surface area (Å²) in [6, 6.07) is 8.53. The normalized spacial score (nSPS) is 17.2. The number of carbonyl (C=O) groups is 2. The molecule has 114 valence electrons. The number of fused-ring (bicyclic) bond motifs is 1. The van der Waals surface area contributed by atoms with Gasteiger partial charge >= 0.3 is 5.97 Å². The highest BCUT2D eigenvalue weighted by Crippen LogP contribution is 2.32. The molecule has 4 nitrogen and oxygen atoms in total. The smallest absolute Gasteiger partial charge is 0.305 e. The molecule has 1 amide bonds. The Hall–Kier alpha value is -1.84. The number of benzene rings is 1. The molecule has 0 fully saturated rings. The van der Waals surface area contributed by atoms with Gasteiger partial charge < -0.3 is 9.64 Å². The lowest BCUT2D eigenvalue weighted by Gasteiger charge is -2.37. The van der Waals surface area contributed by atoms with Gasteiger partial charge in [0.25, 0.3) is 0 Å². The van der Waals surface area contributed by atoms with Gasteiger partial charge in [0.15, 0.2) is 0 Å². The third-order valence-electron chi connectivity index (χ3n) is 4.12. The molecule has 1 heterocycles. The molecule has 0 radical (unpaired) electrons. The standard InChI is InChI=1S/C17H23NO3/c1-3-15-14-8-5-4-7-13(14)11-12-18(15)16(19)9-6-10-17(20)21-2/h4-5,7-8,15H,3,6,9-12H2,1-2H3. The Balaban J connectivity index is 2.00. The van der Waals surface area contributed by atoms with Crippen molar-refractivity contribution in [3.8, 4) is 0 Å². The number of rotatable bonds is 5. The van der Waals surface area contributed by atoms with Crippen molar-refractivity contribution in [2.75, 3.05) is 13.7 Å². The van der Waals surface area contributed by atoms with Crippen LogP contribution in [-0.4, -0.2) is 30.4 Å². The van der Waals surface area contributed by atoms with Crippen LogP contribution in [0.1, 0.15) is 49.8 Å². The Morgan fingerprint density at radius 2 is 2.05 bits per heavy atom. The Labute approximate surface area is 126 Å². The van der Waals surface area contributed by atoms with Crippen molar-refractivity contribution in [3.63, 3.8) is 0 Å². The quantitative estimate of drug-likeness (QED) is 0.783. The molecule has 0 saturated heterocycles. The SMILES string of the molecule is CCC1c2ccccc2CCN1C(=O)CCCC(=O)OC. The Kier molecular flexibility index (Phi) is 5.37. The molecule has 2 rings (SSSR count). The molecular formula is C17H23NO3. The van der Waals surface area contributed by atoms with Gasteiger partial charge in [-0.25, -0.2) is 0 Å². The Bertz CT molecular complexity index is 513. The molecule has 21 heavy (non-hydrogen) atoms. The predicted molar refractivity (Wildman–Crippen MR) is 80.8 cm³/mol. The van der Waals surface area contributed by atoms with Crippen molar-refractivity contribution < 1.29 is 14.3 Å². The van der Waals surface area contributed by atoms with Crippen LogP contribution in [0, 0.1) is 0 Å². The zero-order valence-electron chi connectivity index (χ0n) is 12.8. The van der Waals surface area contributed by atoms with Crippen LogP contribution in [-0.2, 0) is 20.7 Å². The topological polar surface area (TPSA) is 46.6 Å². The van der Waals surface area contributed by atoms with E-state index in [1.165, 1.54) is 18.2 Å². The first-order valence-corrected chi connectivity index (χ1v) is 7.61. The van der Waals surface area contributed by atoms with Gasteiger partial charge in [0, 0.05) is 19.4 Å². The zero-order chi connectivity index (χ0) is 15.2. The van der Waals surface area contributed by atoms with Crippen molar-refractivity contribution in [2.24, 2.45) is 0 Å². The molecule has 1 aliphatic rings. The minimum Gasteiger partial charge on any atom is -0.469 e. The first-order valence-electron chi connectivity index (χ1n) is 7.61. The second-order valence-corrected chi connectivity index (χ2v) is 5.39. The van der Waals surface area contributed by atoms with Crippen LogP contribution in [0.4, 0.5) is 0 Å². The summed E-state index contributed by atoms with van der Waals surface area (Å²) in [5, 5.41) is 0. The molecule has 0 aromatic heterocycles. The van der Waals surface area contributed by atoms with Gasteiger partial charge in [-0.05, 0) is 30.4 Å². The van der Waals surface area contributed by atoms with Crippen LogP contribution < -0.4 is 0 Å². The zero-order valence-corrected chi connectivity index (χ0v) is 12.8. The maximum absolute atomic E-state index is 12.4. The second kappa shape index (κ2) is 7.25. The summed E-state index contributed by atoms with van der Waals surface area (Å²) >= 11 is 0. The van der Waals surface area contributed by atoms with Crippen LogP contribution in [0.25, 0.3) is 0 Å². The minimum absolute atomic E-state index is 0.139. The number of amides is 1. The molecule has 1 atom stereocenters. The lowest BCUT2D eigenvalue weighted by atomic mass is 9.91. The summed E-state index contributed by atoms with van der Waals surface area (Å²) in [7, 11) is 1.37. The van der Waals surface area contributed by atoms with E-state index in [4.69, 9.17) is 0 Å². The van der Waals surface area contributed by atoms with Crippen molar-refractivity contribution >= 4 is 11.9 Å². The van der Waals surface area contributed by atoms with Crippen LogP contribution in [0.3, 0.4) is 0 Å². The number of methoxy groups -OCH3 is 1. The fourth-order valence-electron chi connectivity index (χ4n) is 3.02. The average Bonchev–Trinajstić information content (AvgIpc) is 2.53.